The average molecular weight is 416 g/mol. The van der Waals surface area contributed by atoms with Crippen LogP contribution in [0.2, 0.25) is 0 Å². The zero-order valence-electron chi connectivity index (χ0n) is 16.1. The number of hydrogen-bond donors (Lipinski definition) is 3. The van der Waals surface area contributed by atoms with Crippen molar-refractivity contribution in [3.63, 3.8) is 0 Å². The van der Waals surface area contributed by atoms with Crippen LogP contribution < -0.4 is 21.1 Å². The summed E-state index contributed by atoms with van der Waals surface area (Å²) in [4.78, 5) is 59.3. The maximum atomic E-state index is 12.3. The fourth-order valence-corrected chi connectivity index (χ4v) is 2.82. The first-order valence-electron chi connectivity index (χ1n) is 9.22. The minimum atomic E-state index is -0.695. The Morgan fingerprint density at radius 2 is 1.77 bits per heavy atom. The third-order valence-corrected chi connectivity index (χ3v) is 4.34. The Kier molecular flexibility index (Phi) is 6.30. The zero-order chi connectivity index (χ0) is 21.7. The van der Waals surface area contributed by atoms with Gasteiger partial charge in [-0.15, -0.1) is 0 Å². The molecule has 4 amide bonds. The highest BCUT2D eigenvalue weighted by molar-refractivity contribution is 6.01. The lowest BCUT2D eigenvalue weighted by atomic mass is 10.1. The van der Waals surface area contributed by atoms with Gasteiger partial charge in [-0.2, -0.15) is 0 Å². The largest absolute Gasteiger partial charge is 0.463 e. The first kappa shape index (κ1) is 20.8. The van der Waals surface area contributed by atoms with Crippen LogP contribution in [0.3, 0.4) is 0 Å². The highest BCUT2D eigenvalue weighted by Gasteiger charge is 2.26. The molecule has 0 atom stereocenters. The number of ether oxygens (including phenoxy) is 2. The van der Waals surface area contributed by atoms with Gasteiger partial charge in [-0.3, -0.25) is 15.0 Å². The van der Waals surface area contributed by atoms with Crippen LogP contribution in [0.4, 0.5) is 10.5 Å². The number of amides is 4. The molecule has 0 saturated carbocycles. The number of nitrogens with one attached hydrogen (secondary N) is 3. The highest BCUT2D eigenvalue weighted by atomic mass is 16.5. The van der Waals surface area contributed by atoms with Crippen LogP contribution in [0.5, 0.6) is 0 Å². The minimum Gasteiger partial charge on any atom is -0.463 e. The van der Waals surface area contributed by atoms with Crippen LogP contribution in [0, 0.1) is 0 Å². The second-order valence-electron chi connectivity index (χ2n) is 6.37. The van der Waals surface area contributed by atoms with Gasteiger partial charge < -0.3 is 20.1 Å². The number of hydrogen-bond acceptors (Lipinski definition) is 7. The van der Waals surface area contributed by atoms with Gasteiger partial charge in [-0.05, 0) is 31.2 Å². The molecule has 2 heterocycles. The number of esters is 2. The van der Waals surface area contributed by atoms with Gasteiger partial charge in [0.25, 0.3) is 0 Å². The summed E-state index contributed by atoms with van der Waals surface area (Å²) in [6, 6.07) is 5.35. The van der Waals surface area contributed by atoms with Gasteiger partial charge in [-0.1, -0.05) is 0 Å². The van der Waals surface area contributed by atoms with Crippen molar-refractivity contribution >= 4 is 35.5 Å². The quantitative estimate of drug-likeness (QED) is 0.559. The molecule has 3 N–H and O–H groups in total. The fraction of sp³-hybridized carbons (Fsp3) is 0.316. The molecule has 11 nitrogen and oxygen atoms in total. The average Bonchev–Trinajstić information content (AvgIpc) is 2.74. The Hall–Kier alpha value is -3.89. The number of carbonyl (C=O) groups is 5. The lowest BCUT2D eigenvalue weighted by molar-refractivity contribution is -0.138. The van der Waals surface area contributed by atoms with E-state index in [1.807, 2.05) is 0 Å². The van der Waals surface area contributed by atoms with Gasteiger partial charge in [0, 0.05) is 12.8 Å². The third kappa shape index (κ3) is 4.74. The van der Waals surface area contributed by atoms with Crippen molar-refractivity contribution < 1.29 is 33.4 Å². The van der Waals surface area contributed by atoms with Crippen LogP contribution >= 0.6 is 0 Å². The van der Waals surface area contributed by atoms with Gasteiger partial charge in [0.1, 0.15) is 6.61 Å². The molecular weight excluding hydrogens is 396 g/mol. The molecule has 30 heavy (non-hydrogen) atoms. The standard InChI is InChI=1S/C19H20N4O7/c1-2-29-18(27)13-9-20-19(28)21-14(13)10-30-17(26)11-3-5-12(6-4-11)23-16(25)8-7-15(24)22-23/h3-6H,2,7-10H2,1H3,(H,22,24)(H2,20,21,28). The van der Waals surface area contributed by atoms with E-state index in [9.17, 15) is 24.0 Å². The number of rotatable bonds is 6. The summed E-state index contributed by atoms with van der Waals surface area (Å²) in [6.07, 6.45) is 0.240. The molecule has 1 fully saturated rings. The van der Waals surface area contributed by atoms with Gasteiger partial charge in [-0.25, -0.2) is 19.4 Å². The van der Waals surface area contributed by atoms with Crippen LogP contribution in [0.15, 0.2) is 35.5 Å². The fourth-order valence-electron chi connectivity index (χ4n) is 2.82. The first-order chi connectivity index (χ1) is 14.4. The summed E-state index contributed by atoms with van der Waals surface area (Å²) in [6.45, 7) is 1.44. The van der Waals surface area contributed by atoms with Crippen LogP contribution in [0.25, 0.3) is 0 Å². The van der Waals surface area contributed by atoms with Crippen molar-refractivity contribution in [3.8, 4) is 0 Å². The maximum Gasteiger partial charge on any atom is 0.338 e. The van der Waals surface area contributed by atoms with Gasteiger partial charge in [0.05, 0.1) is 35.7 Å². The summed E-state index contributed by atoms with van der Waals surface area (Å²) in [5.41, 5.74) is 3.36. The van der Waals surface area contributed by atoms with Crippen LogP contribution in [-0.2, 0) is 23.9 Å². The third-order valence-electron chi connectivity index (χ3n) is 4.34. The zero-order valence-corrected chi connectivity index (χ0v) is 16.1. The summed E-state index contributed by atoms with van der Waals surface area (Å²) in [7, 11) is 0. The molecule has 1 saturated heterocycles. The second-order valence-corrected chi connectivity index (χ2v) is 6.37. The number of anilines is 1. The molecular formula is C19H20N4O7. The number of hydrazine groups is 1. The molecule has 0 aliphatic carbocycles. The van der Waals surface area contributed by atoms with E-state index < -0.39 is 18.0 Å². The number of carbonyl (C=O) groups excluding carboxylic acids is 5. The Morgan fingerprint density at radius 3 is 2.47 bits per heavy atom. The number of nitrogens with zero attached hydrogens (tertiary/aromatic N) is 1. The molecule has 11 heteroatoms. The first-order valence-corrected chi connectivity index (χ1v) is 9.22. The smallest absolute Gasteiger partial charge is 0.338 e. The lowest BCUT2D eigenvalue weighted by Crippen LogP contribution is -2.50. The predicted octanol–water partition coefficient (Wildman–Crippen LogP) is 0.131. The molecule has 1 aromatic carbocycles. The maximum absolute atomic E-state index is 12.3. The van der Waals surface area contributed by atoms with E-state index in [0.29, 0.717) is 5.69 Å². The van der Waals surface area contributed by atoms with E-state index >= 15 is 0 Å². The van der Waals surface area contributed by atoms with Crippen molar-refractivity contribution in [2.24, 2.45) is 0 Å². The molecule has 0 spiro atoms. The Morgan fingerprint density at radius 1 is 1.03 bits per heavy atom. The molecule has 1 aromatic rings. The van der Waals surface area contributed by atoms with E-state index in [1.165, 1.54) is 24.3 Å². The van der Waals surface area contributed by atoms with Crippen molar-refractivity contribution in [1.29, 1.82) is 0 Å². The molecule has 0 bridgehead atoms. The van der Waals surface area contributed by atoms with Crippen molar-refractivity contribution in [2.45, 2.75) is 19.8 Å². The Balaban J connectivity index is 1.66. The van der Waals surface area contributed by atoms with E-state index in [2.05, 4.69) is 16.1 Å². The summed E-state index contributed by atoms with van der Waals surface area (Å²) >= 11 is 0. The summed E-state index contributed by atoms with van der Waals surface area (Å²) in [5, 5.41) is 6.02. The topological polar surface area (TPSA) is 143 Å². The molecule has 0 radical (unpaired) electrons. The van der Waals surface area contributed by atoms with E-state index in [-0.39, 0.29) is 61.2 Å². The molecule has 0 unspecified atom stereocenters. The Bertz CT molecular complexity index is 923. The van der Waals surface area contributed by atoms with Gasteiger partial charge in [0.2, 0.25) is 11.8 Å². The summed E-state index contributed by atoms with van der Waals surface area (Å²) < 4.78 is 10.1. The lowest BCUT2D eigenvalue weighted by Gasteiger charge is -2.27. The molecule has 0 aromatic heterocycles. The molecule has 2 aliphatic rings. The van der Waals surface area contributed by atoms with Crippen molar-refractivity contribution in [3.05, 3.63) is 41.1 Å². The normalized spacial score (nSPS) is 16.4. The highest BCUT2D eigenvalue weighted by Crippen LogP contribution is 2.18. The predicted molar refractivity (Wildman–Crippen MR) is 102 cm³/mol. The Labute approximate surface area is 171 Å². The molecule has 2 aliphatic heterocycles. The van der Waals surface area contributed by atoms with Gasteiger partial charge >= 0.3 is 18.0 Å². The van der Waals surface area contributed by atoms with E-state index in [0.717, 1.165) is 5.01 Å². The SMILES string of the molecule is CCOC(=O)C1=C(COC(=O)c2ccc(N3NC(=O)CCC3=O)cc2)NC(=O)NC1. The van der Waals surface area contributed by atoms with Crippen molar-refractivity contribution in [2.75, 3.05) is 24.8 Å². The summed E-state index contributed by atoms with van der Waals surface area (Å²) in [5.74, 6) is -1.84. The van der Waals surface area contributed by atoms with Crippen LogP contribution in [0.1, 0.15) is 30.1 Å². The van der Waals surface area contributed by atoms with Crippen LogP contribution in [-0.4, -0.2) is 49.5 Å². The van der Waals surface area contributed by atoms with Gasteiger partial charge in [0.15, 0.2) is 0 Å². The minimum absolute atomic E-state index is 0.0399. The van der Waals surface area contributed by atoms with Crippen molar-refractivity contribution in [1.82, 2.24) is 16.1 Å². The number of benzene rings is 1. The van der Waals surface area contributed by atoms with E-state index in [1.54, 1.807) is 6.92 Å². The second kappa shape index (κ2) is 9.07. The van der Waals surface area contributed by atoms with E-state index in [4.69, 9.17) is 9.47 Å². The molecule has 158 valence electrons. The monoisotopic (exact) mass is 416 g/mol. The number of urea groups is 1. The molecule has 3 rings (SSSR count).